The molecular weight excluding hydrogens is 244 g/mol. The number of halogens is 1. The van der Waals surface area contributed by atoms with Gasteiger partial charge in [-0.25, -0.2) is 0 Å². The third kappa shape index (κ3) is 5.53. The molecule has 0 bridgehead atoms. The quantitative estimate of drug-likeness (QED) is 0.487. The molecule has 14 heavy (non-hydrogen) atoms. The molecule has 0 aliphatic carbocycles. The van der Waals surface area contributed by atoms with E-state index < -0.39 is 0 Å². The summed E-state index contributed by atoms with van der Waals surface area (Å²) in [7, 11) is 0. The second kappa shape index (κ2) is 8.16. The molecule has 0 aromatic carbocycles. The lowest BCUT2D eigenvalue weighted by Gasteiger charge is -2.09. The van der Waals surface area contributed by atoms with Crippen LogP contribution in [0.1, 0.15) is 44.9 Å². The highest BCUT2D eigenvalue weighted by Gasteiger charge is 2.10. The topological polar surface area (TPSA) is 18.5 Å². The van der Waals surface area contributed by atoms with Gasteiger partial charge in [-0.05, 0) is 12.8 Å². The Labute approximate surface area is 94.8 Å². The number of ether oxygens (including phenoxy) is 2. The van der Waals surface area contributed by atoms with Crippen molar-refractivity contribution in [3.8, 4) is 0 Å². The van der Waals surface area contributed by atoms with E-state index in [1.807, 2.05) is 0 Å². The first kappa shape index (κ1) is 11.9. The molecule has 0 fully saturated rings. The van der Waals surface area contributed by atoms with Gasteiger partial charge in [0, 0.05) is 11.8 Å². The van der Waals surface area contributed by atoms with Crippen LogP contribution in [0.4, 0.5) is 0 Å². The van der Waals surface area contributed by atoms with Crippen molar-refractivity contribution in [3.63, 3.8) is 0 Å². The molecule has 1 aliphatic rings. The number of hydrogen-bond donors (Lipinski definition) is 0. The second-order valence-electron chi connectivity index (χ2n) is 3.57. The predicted molar refractivity (Wildman–Crippen MR) is 61.2 cm³/mol. The van der Waals surface area contributed by atoms with E-state index in [0.717, 1.165) is 11.8 Å². The van der Waals surface area contributed by atoms with E-state index in [9.17, 15) is 0 Å². The number of alkyl halides is 1. The van der Waals surface area contributed by atoms with Crippen molar-refractivity contribution in [2.24, 2.45) is 0 Å². The van der Waals surface area contributed by atoms with Gasteiger partial charge in [0.25, 0.3) is 0 Å². The average molecular weight is 263 g/mol. The van der Waals surface area contributed by atoms with Crippen LogP contribution in [-0.4, -0.2) is 11.6 Å². The molecule has 1 aliphatic heterocycles. The Morgan fingerprint density at radius 2 is 1.43 bits per heavy atom. The highest BCUT2D eigenvalue weighted by atomic mass is 79.9. The van der Waals surface area contributed by atoms with Crippen LogP contribution in [0.5, 0.6) is 0 Å². The highest BCUT2D eigenvalue weighted by Crippen LogP contribution is 2.14. The van der Waals surface area contributed by atoms with Gasteiger partial charge in [0.1, 0.15) is 12.5 Å². The summed E-state index contributed by atoms with van der Waals surface area (Å²) in [5.41, 5.74) is 0. The summed E-state index contributed by atoms with van der Waals surface area (Å²) >= 11 is 3.44. The maximum Gasteiger partial charge on any atom is 0.239 e. The summed E-state index contributed by atoms with van der Waals surface area (Å²) in [5, 5.41) is 1.14. The lowest BCUT2D eigenvalue weighted by molar-refractivity contribution is -0.0295. The van der Waals surface area contributed by atoms with Gasteiger partial charge >= 0.3 is 0 Å². The fourth-order valence-electron chi connectivity index (χ4n) is 1.52. The third-order valence-electron chi connectivity index (χ3n) is 2.34. The first-order chi connectivity index (χ1) is 6.93. The minimum Gasteiger partial charge on any atom is -0.459 e. The summed E-state index contributed by atoms with van der Waals surface area (Å²) < 4.78 is 10.4. The third-order valence-corrected chi connectivity index (χ3v) is 2.90. The Morgan fingerprint density at radius 3 is 2.07 bits per heavy atom. The van der Waals surface area contributed by atoms with E-state index in [-0.39, 0.29) is 6.29 Å². The molecule has 0 saturated carbocycles. The maximum atomic E-state index is 5.19. The molecule has 82 valence electrons. The molecule has 0 aromatic rings. The molecule has 0 unspecified atom stereocenters. The van der Waals surface area contributed by atoms with Gasteiger partial charge in [-0.15, -0.1) is 0 Å². The van der Waals surface area contributed by atoms with Crippen LogP contribution >= 0.6 is 15.9 Å². The number of hydrogen-bond acceptors (Lipinski definition) is 2. The Hall–Kier alpha value is -0.180. The maximum absolute atomic E-state index is 5.19. The van der Waals surface area contributed by atoms with E-state index in [1.54, 1.807) is 12.5 Å². The van der Waals surface area contributed by atoms with Gasteiger partial charge in [0.05, 0.1) is 0 Å². The monoisotopic (exact) mass is 262 g/mol. The Balaban J connectivity index is 1.75. The molecule has 0 spiro atoms. The lowest BCUT2D eigenvalue weighted by Crippen LogP contribution is -2.06. The van der Waals surface area contributed by atoms with Crippen LogP contribution < -0.4 is 0 Å². The van der Waals surface area contributed by atoms with Crippen molar-refractivity contribution in [3.05, 3.63) is 12.5 Å². The zero-order valence-electron chi connectivity index (χ0n) is 8.58. The van der Waals surface area contributed by atoms with Crippen LogP contribution in [0.25, 0.3) is 0 Å². The minimum atomic E-state index is -0.00228. The van der Waals surface area contributed by atoms with Gasteiger partial charge in [-0.3, -0.25) is 0 Å². The summed E-state index contributed by atoms with van der Waals surface area (Å²) in [6.07, 6.45) is 12.1. The molecule has 0 atom stereocenters. The molecule has 2 nitrogen and oxygen atoms in total. The van der Waals surface area contributed by atoms with Gasteiger partial charge in [-0.2, -0.15) is 0 Å². The van der Waals surface area contributed by atoms with Crippen molar-refractivity contribution in [2.45, 2.75) is 51.2 Å². The van der Waals surface area contributed by atoms with E-state index >= 15 is 0 Å². The fourth-order valence-corrected chi connectivity index (χ4v) is 1.92. The second-order valence-corrected chi connectivity index (χ2v) is 4.37. The Bertz CT molecular complexity index is 151. The molecule has 1 heterocycles. The largest absolute Gasteiger partial charge is 0.459 e. The number of unbranched alkanes of at least 4 members (excludes halogenated alkanes) is 5. The Morgan fingerprint density at radius 1 is 0.857 bits per heavy atom. The van der Waals surface area contributed by atoms with Crippen molar-refractivity contribution >= 4 is 15.9 Å². The smallest absolute Gasteiger partial charge is 0.239 e. The van der Waals surface area contributed by atoms with Crippen molar-refractivity contribution < 1.29 is 9.47 Å². The molecule has 0 saturated heterocycles. The van der Waals surface area contributed by atoms with Crippen LogP contribution in [0.2, 0.25) is 0 Å². The molecule has 0 aromatic heterocycles. The Kier molecular flexibility index (Phi) is 6.93. The summed E-state index contributed by atoms with van der Waals surface area (Å²) in [4.78, 5) is 0. The number of rotatable bonds is 8. The van der Waals surface area contributed by atoms with E-state index in [0.29, 0.717) is 0 Å². The molecular formula is C11H19BrO2. The zero-order chi connectivity index (χ0) is 10.1. The van der Waals surface area contributed by atoms with Crippen LogP contribution in [0.3, 0.4) is 0 Å². The minimum absolute atomic E-state index is 0.00228. The molecule has 1 rings (SSSR count). The first-order valence-corrected chi connectivity index (χ1v) is 6.57. The van der Waals surface area contributed by atoms with Crippen molar-refractivity contribution in [1.29, 1.82) is 0 Å². The van der Waals surface area contributed by atoms with Gasteiger partial charge in [0.2, 0.25) is 6.29 Å². The standard InChI is InChI=1S/C11H19BrO2/c12-8-6-4-2-1-3-5-7-11-13-9-10-14-11/h9-11H,1-8H2. The van der Waals surface area contributed by atoms with Gasteiger partial charge < -0.3 is 9.47 Å². The van der Waals surface area contributed by atoms with Gasteiger partial charge in [0.15, 0.2) is 0 Å². The van der Waals surface area contributed by atoms with Gasteiger partial charge in [-0.1, -0.05) is 41.6 Å². The van der Waals surface area contributed by atoms with Crippen molar-refractivity contribution in [1.82, 2.24) is 0 Å². The molecule has 0 amide bonds. The normalized spacial score (nSPS) is 15.5. The first-order valence-electron chi connectivity index (χ1n) is 5.45. The van der Waals surface area contributed by atoms with Crippen LogP contribution in [0, 0.1) is 0 Å². The zero-order valence-corrected chi connectivity index (χ0v) is 10.2. The fraction of sp³-hybridized carbons (Fsp3) is 0.818. The highest BCUT2D eigenvalue weighted by molar-refractivity contribution is 9.09. The van der Waals surface area contributed by atoms with Crippen LogP contribution in [0.15, 0.2) is 12.5 Å². The average Bonchev–Trinajstić information content (AvgIpc) is 2.69. The van der Waals surface area contributed by atoms with E-state index in [4.69, 9.17) is 9.47 Å². The summed E-state index contributed by atoms with van der Waals surface area (Å²) in [6, 6.07) is 0. The van der Waals surface area contributed by atoms with E-state index in [1.165, 1.54) is 38.5 Å². The van der Waals surface area contributed by atoms with Crippen LogP contribution in [-0.2, 0) is 9.47 Å². The summed E-state index contributed by atoms with van der Waals surface area (Å²) in [6.45, 7) is 0. The lowest BCUT2D eigenvalue weighted by atomic mass is 10.1. The molecule has 3 heteroatoms. The molecule has 0 radical (unpaired) electrons. The van der Waals surface area contributed by atoms with Crippen molar-refractivity contribution in [2.75, 3.05) is 5.33 Å². The SMILES string of the molecule is BrCCCCCCCCC1OC=CO1. The summed E-state index contributed by atoms with van der Waals surface area (Å²) in [5.74, 6) is 0. The van der Waals surface area contributed by atoms with E-state index in [2.05, 4.69) is 15.9 Å². The predicted octanol–water partition coefficient (Wildman–Crippen LogP) is 3.96. The molecule has 0 N–H and O–H groups in total.